The van der Waals surface area contributed by atoms with Crippen LogP contribution in [0.25, 0.3) is 0 Å². The van der Waals surface area contributed by atoms with E-state index in [2.05, 4.69) is 56.2 Å². The molecule has 2 N–H and O–H groups in total. The number of aliphatic hydroxyl groups excluding tert-OH is 1. The molecule has 1 unspecified atom stereocenters. The lowest BCUT2D eigenvalue weighted by molar-refractivity contribution is 0.155. The molecule has 5 heteroatoms. The zero-order valence-electron chi connectivity index (χ0n) is 11.4. The molecule has 0 heterocycles. The average molecular weight is 395 g/mol. The van der Waals surface area contributed by atoms with Crippen LogP contribution in [0.15, 0.2) is 21.1 Å². The molecule has 3 nitrogen and oxygen atoms in total. The maximum absolute atomic E-state index is 9.22. The van der Waals surface area contributed by atoms with Crippen LogP contribution in [0.1, 0.15) is 32.3 Å². The summed E-state index contributed by atoms with van der Waals surface area (Å²) in [5.41, 5.74) is 1.20. The zero-order chi connectivity index (χ0) is 14.3. The predicted molar refractivity (Wildman–Crippen MR) is 85.6 cm³/mol. The Morgan fingerprint density at radius 2 is 1.95 bits per heavy atom. The highest BCUT2D eigenvalue weighted by molar-refractivity contribution is 9.11. The Labute approximate surface area is 132 Å². The number of hydrogen-bond donors (Lipinski definition) is 2. The van der Waals surface area contributed by atoms with Gasteiger partial charge in [0.05, 0.1) is 21.7 Å². The molecule has 1 aromatic rings. The van der Waals surface area contributed by atoms with Gasteiger partial charge in [-0.05, 0) is 69.4 Å². The largest absolute Gasteiger partial charge is 0.491 e. The van der Waals surface area contributed by atoms with E-state index in [1.54, 1.807) is 6.92 Å². The first-order valence-electron chi connectivity index (χ1n) is 6.54. The highest BCUT2D eigenvalue weighted by Gasteiger charge is 2.09. The van der Waals surface area contributed by atoms with Crippen molar-refractivity contribution in [2.75, 3.05) is 13.2 Å². The van der Waals surface area contributed by atoms with E-state index in [0.29, 0.717) is 13.0 Å². The highest BCUT2D eigenvalue weighted by atomic mass is 79.9. The first-order valence-corrected chi connectivity index (χ1v) is 8.12. The lowest BCUT2D eigenvalue weighted by Crippen LogP contribution is -2.14. The van der Waals surface area contributed by atoms with Gasteiger partial charge in [0, 0.05) is 13.0 Å². The normalized spacial score (nSPS) is 12.5. The molecule has 0 radical (unpaired) electrons. The van der Waals surface area contributed by atoms with Crippen molar-refractivity contribution in [1.29, 1.82) is 0 Å². The summed E-state index contributed by atoms with van der Waals surface area (Å²) in [4.78, 5) is 0. The van der Waals surface area contributed by atoms with Crippen molar-refractivity contribution < 1.29 is 9.84 Å². The van der Waals surface area contributed by atoms with E-state index in [0.717, 1.165) is 34.2 Å². The second-order valence-electron chi connectivity index (χ2n) is 4.55. The van der Waals surface area contributed by atoms with Crippen molar-refractivity contribution in [3.05, 3.63) is 26.6 Å². The topological polar surface area (TPSA) is 41.5 Å². The fraction of sp³-hybridized carbons (Fsp3) is 0.571. The third-order valence-corrected chi connectivity index (χ3v) is 3.77. The number of aliphatic hydroxyl groups is 1. The molecule has 0 amide bonds. The summed E-state index contributed by atoms with van der Waals surface area (Å²) in [6, 6.07) is 4.12. The molecule has 0 aliphatic rings. The molecule has 1 rings (SSSR count). The van der Waals surface area contributed by atoms with E-state index < -0.39 is 0 Å². The van der Waals surface area contributed by atoms with Crippen LogP contribution in [-0.4, -0.2) is 24.4 Å². The molecular weight excluding hydrogens is 374 g/mol. The van der Waals surface area contributed by atoms with Gasteiger partial charge in [0.2, 0.25) is 0 Å². The second-order valence-corrected chi connectivity index (χ2v) is 6.26. The molecule has 1 aromatic carbocycles. The first kappa shape index (κ1) is 17.0. The Morgan fingerprint density at radius 1 is 1.32 bits per heavy atom. The van der Waals surface area contributed by atoms with E-state index in [1.165, 1.54) is 5.56 Å². The van der Waals surface area contributed by atoms with Crippen molar-refractivity contribution in [1.82, 2.24) is 5.32 Å². The number of rotatable bonds is 8. The number of hydrogen-bond acceptors (Lipinski definition) is 3. The van der Waals surface area contributed by atoms with E-state index >= 15 is 0 Å². The third-order valence-electron chi connectivity index (χ3n) is 2.60. The lowest BCUT2D eigenvalue weighted by atomic mass is 10.2. The Balaban J connectivity index is 2.63. The van der Waals surface area contributed by atoms with Gasteiger partial charge in [-0.25, -0.2) is 0 Å². The number of halogens is 2. The minimum Gasteiger partial charge on any atom is -0.491 e. The third kappa shape index (κ3) is 6.25. The Kier molecular flexibility index (Phi) is 7.99. The molecule has 0 aromatic heterocycles. The Bertz CT molecular complexity index is 374. The summed E-state index contributed by atoms with van der Waals surface area (Å²) in [5.74, 6) is 0.792. The highest BCUT2D eigenvalue weighted by Crippen LogP contribution is 2.34. The predicted octanol–water partition coefficient (Wildman–Crippen LogP) is 3.86. The van der Waals surface area contributed by atoms with Crippen LogP contribution < -0.4 is 10.1 Å². The van der Waals surface area contributed by atoms with Crippen LogP contribution in [0, 0.1) is 0 Å². The van der Waals surface area contributed by atoms with Crippen LogP contribution in [0.3, 0.4) is 0 Å². The van der Waals surface area contributed by atoms with Gasteiger partial charge >= 0.3 is 0 Å². The van der Waals surface area contributed by atoms with Gasteiger partial charge in [-0.1, -0.05) is 6.92 Å². The number of benzene rings is 1. The van der Waals surface area contributed by atoms with E-state index in [1.807, 2.05) is 0 Å². The molecule has 0 aliphatic carbocycles. The van der Waals surface area contributed by atoms with Crippen molar-refractivity contribution in [2.24, 2.45) is 0 Å². The zero-order valence-corrected chi connectivity index (χ0v) is 14.6. The van der Waals surface area contributed by atoms with E-state index in [-0.39, 0.29) is 6.10 Å². The van der Waals surface area contributed by atoms with Crippen LogP contribution in [0.4, 0.5) is 0 Å². The standard InChI is InChI=1S/C14H21Br2NO2/c1-3-5-17-9-11-7-12(15)14(13(16)8-11)19-6-4-10(2)18/h7-8,10,17-18H,3-6,9H2,1-2H3. The number of ether oxygens (including phenoxy) is 1. The molecule has 108 valence electrons. The van der Waals surface area contributed by atoms with Crippen molar-refractivity contribution in [3.8, 4) is 5.75 Å². The van der Waals surface area contributed by atoms with Gasteiger partial charge in [-0.3, -0.25) is 0 Å². The summed E-state index contributed by atoms with van der Waals surface area (Å²) in [5, 5.41) is 12.6. The van der Waals surface area contributed by atoms with Gasteiger partial charge in [0.25, 0.3) is 0 Å². The summed E-state index contributed by atoms with van der Waals surface area (Å²) >= 11 is 7.06. The molecule has 0 aliphatic heterocycles. The number of nitrogens with one attached hydrogen (secondary N) is 1. The van der Waals surface area contributed by atoms with Crippen LogP contribution >= 0.6 is 31.9 Å². The minimum absolute atomic E-state index is 0.338. The molecule has 0 fully saturated rings. The fourth-order valence-corrected chi connectivity index (χ4v) is 3.10. The van der Waals surface area contributed by atoms with Crippen molar-refractivity contribution in [3.63, 3.8) is 0 Å². The SMILES string of the molecule is CCCNCc1cc(Br)c(OCCC(C)O)c(Br)c1. The molecule has 0 saturated carbocycles. The van der Waals surface area contributed by atoms with E-state index in [9.17, 15) is 5.11 Å². The maximum Gasteiger partial charge on any atom is 0.147 e. The van der Waals surface area contributed by atoms with E-state index in [4.69, 9.17) is 4.74 Å². The Morgan fingerprint density at radius 3 is 2.47 bits per heavy atom. The lowest BCUT2D eigenvalue weighted by Gasteiger charge is -2.13. The molecular formula is C14H21Br2NO2. The summed E-state index contributed by atoms with van der Waals surface area (Å²) < 4.78 is 7.55. The summed E-state index contributed by atoms with van der Waals surface area (Å²) in [6.07, 6.45) is 1.41. The molecule has 19 heavy (non-hydrogen) atoms. The fourth-order valence-electron chi connectivity index (χ4n) is 1.59. The summed E-state index contributed by atoms with van der Waals surface area (Å²) in [6.45, 7) is 6.27. The van der Waals surface area contributed by atoms with Crippen LogP contribution in [0.2, 0.25) is 0 Å². The van der Waals surface area contributed by atoms with Crippen LogP contribution in [0.5, 0.6) is 5.75 Å². The average Bonchev–Trinajstić information content (AvgIpc) is 2.32. The summed E-state index contributed by atoms with van der Waals surface area (Å²) in [7, 11) is 0. The minimum atomic E-state index is -0.338. The van der Waals surface area contributed by atoms with Crippen molar-refractivity contribution in [2.45, 2.75) is 39.3 Å². The maximum atomic E-state index is 9.22. The van der Waals surface area contributed by atoms with Gasteiger partial charge < -0.3 is 15.2 Å². The molecule has 0 saturated heterocycles. The smallest absolute Gasteiger partial charge is 0.147 e. The van der Waals surface area contributed by atoms with Gasteiger partial charge in [-0.2, -0.15) is 0 Å². The second kappa shape index (κ2) is 8.95. The van der Waals surface area contributed by atoms with Crippen molar-refractivity contribution >= 4 is 31.9 Å². The van der Waals surface area contributed by atoms with Gasteiger partial charge in [0.15, 0.2) is 0 Å². The molecule has 1 atom stereocenters. The Hall–Kier alpha value is -0.100. The van der Waals surface area contributed by atoms with Crippen LogP contribution in [-0.2, 0) is 6.54 Å². The van der Waals surface area contributed by atoms with Gasteiger partial charge in [-0.15, -0.1) is 0 Å². The molecule has 0 spiro atoms. The molecule has 0 bridgehead atoms. The monoisotopic (exact) mass is 393 g/mol. The quantitative estimate of drug-likeness (QED) is 0.657. The first-order chi connectivity index (χ1) is 9.04. The van der Waals surface area contributed by atoms with Gasteiger partial charge in [0.1, 0.15) is 5.75 Å².